The van der Waals surface area contributed by atoms with Gasteiger partial charge in [0.25, 0.3) is 0 Å². The lowest BCUT2D eigenvalue weighted by molar-refractivity contribution is 0.152. The number of guanidine groups is 1. The second-order valence-electron chi connectivity index (χ2n) is 7.75. The van der Waals surface area contributed by atoms with E-state index in [9.17, 15) is 8.42 Å². The van der Waals surface area contributed by atoms with E-state index in [4.69, 9.17) is 0 Å². The van der Waals surface area contributed by atoms with Crippen LogP contribution in [0.3, 0.4) is 0 Å². The van der Waals surface area contributed by atoms with Crippen molar-refractivity contribution in [1.82, 2.24) is 15.5 Å². The smallest absolute Gasteiger partial charge is 0.191 e. The van der Waals surface area contributed by atoms with Gasteiger partial charge < -0.3 is 10.6 Å². The van der Waals surface area contributed by atoms with Gasteiger partial charge in [-0.3, -0.25) is 9.89 Å². The van der Waals surface area contributed by atoms with Crippen LogP contribution in [0.4, 0.5) is 0 Å². The van der Waals surface area contributed by atoms with Crippen molar-refractivity contribution in [3.63, 3.8) is 0 Å². The third-order valence-corrected chi connectivity index (χ3v) is 7.44. The van der Waals surface area contributed by atoms with Crippen LogP contribution < -0.4 is 10.6 Å². The number of hydrogen-bond donors (Lipinski definition) is 2. The van der Waals surface area contributed by atoms with Gasteiger partial charge >= 0.3 is 0 Å². The Morgan fingerprint density at radius 3 is 2.67 bits per heavy atom. The molecule has 0 bridgehead atoms. The van der Waals surface area contributed by atoms with Crippen molar-refractivity contribution in [3.8, 4) is 0 Å². The Balaban J connectivity index is 1.58. The quantitative estimate of drug-likeness (QED) is 0.592. The van der Waals surface area contributed by atoms with Crippen molar-refractivity contribution < 1.29 is 8.42 Å². The van der Waals surface area contributed by atoms with Crippen LogP contribution in [-0.4, -0.2) is 56.5 Å². The van der Waals surface area contributed by atoms with E-state index in [-0.39, 0.29) is 17.5 Å². The van der Waals surface area contributed by atoms with E-state index in [0.717, 1.165) is 6.54 Å². The first kappa shape index (κ1) is 20.1. The van der Waals surface area contributed by atoms with Crippen LogP contribution in [-0.2, 0) is 22.9 Å². The summed E-state index contributed by atoms with van der Waals surface area (Å²) in [5, 5.41) is 6.60. The Labute approximate surface area is 163 Å². The van der Waals surface area contributed by atoms with Crippen molar-refractivity contribution in [2.75, 3.05) is 25.1 Å². The zero-order chi connectivity index (χ0) is 19.3. The minimum absolute atomic E-state index is 0.0503. The van der Waals surface area contributed by atoms with Crippen LogP contribution in [0.15, 0.2) is 29.3 Å². The Bertz CT molecular complexity index is 763. The Morgan fingerprint density at radius 1 is 1.22 bits per heavy atom. The molecule has 2 fully saturated rings. The maximum atomic E-state index is 11.6. The van der Waals surface area contributed by atoms with Gasteiger partial charge in [0.2, 0.25) is 0 Å². The predicted molar refractivity (Wildman–Crippen MR) is 111 cm³/mol. The average molecular weight is 393 g/mol. The second-order valence-corrected chi connectivity index (χ2v) is 9.98. The molecule has 0 radical (unpaired) electrons. The van der Waals surface area contributed by atoms with Gasteiger partial charge in [-0.25, -0.2) is 8.42 Å². The summed E-state index contributed by atoms with van der Waals surface area (Å²) in [7, 11) is -1.17. The van der Waals surface area contributed by atoms with Crippen LogP contribution in [0.5, 0.6) is 0 Å². The monoisotopic (exact) mass is 392 g/mol. The standard InChI is InChI=1S/C20H32N4O2S/c1-16-7-5-6-11-24(16)14-18-9-4-3-8-17(18)13-22-20(21-2)23-19-10-12-27(25,26)15-19/h3-4,8-9,16,19H,5-7,10-15H2,1-2H3,(H2,21,22,23). The molecule has 2 aliphatic rings. The molecule has 0 aliphatic carbocycles. The first-order valence-corrected chi connectivity index (χ1v) is 11.8. The number of likely N-dealkylation sites (tertiary alicyclic amines) is 1. The highest BCUT2D eigenvalue weighted by Crippen LogP contribution is 2.20. The Hall–Kier alpha value is -1.60. The molecule has 27 heavy (non-hydrogen) atoms. The van der Waals surface area contributed by atoms with Crippen LogP contribution in [0.2, 0.25) is 0 Å². The van der Waals surface area contributed by atoms with Gasteiger partial charge in [-0.1, -0.05) is 30.7 Å². The Morgan fingerprint density at radius 2 is 2.00 bits per heavy atom. The maximum absolute atomic E-state index is 11.6. The molecule has 1 aromatic rings. The summed E-state index contributed by atoms with van der Waals surface area (Å²) >= 11 is 0. The van der Waals surface area contributed by atoms with Crippen molar-refractivity contribution >= 4 is 15.8 Å². The zero-order valence-electron chi connectivity index (χ0n) is 16.4. The van der Waals surface area contributed by atoms with Gasteiger partial charge in [-0.05, 0) is 43.9 Å². The molecule has 7 heteroatoms. The largest absolute Gasteiger partial charge is 0.353 e. The van der Waals surface area contributed by atoms with Gasteiger partial charge in [0, 0.05) is 32.2 Å². The molecule has 2 atom stereocenters. The van der Waals surface area contributed by atoms with Crippen LogP contribution in [0.1, 0.15) is 43.7 Å². The second kappa shape index (κ2) is 9.06. The molecule has 0 aromatic heterocycles. The summed E-state index contributed by atoms with van der Waals surface area (Å²) in [4.78, 5) is 6.83. The highest BCUT2D eigenvalue weighted by molar-refractivity contribution is 7.91. The summed E-state index contributed by atoms with van der Waals surface area (Å²) in [6.45, 7) is 5.15. The molecule has 2 N–H and O–H groups in total. The fraction of sp³-hybridized carbons (Fsp3) is 0.650. The zero-order valence-corrected chi connectivity index (χ0v) is 17.3. The van der Waals surface area contributed by atoms with Crippen molar-refractivity contribution in [1.29, 1.82) is 0 Å². The van der Waals surface area contributed by atoms with Crippen LogP contribution >= 0.6 is 0 Å². The van der Waals surface area contributed by atoms with Crippen LogP contribution in [0.25, 0.3) is 0 Å². The number of aliphatic imine (C=N–C) groups is 1. The molecular formula is C20H32N4O2S. The van der Waals surface area contributed by atoms with E-state index in [0.29, 0.717) is 25.0 Å². The molecule has 0 spiro atoms. The van der Waals surface area contributed by atoms with Crippen LogP contribution in [0, 0.1) is 0 Å². The first-order chi connectivity index (χ1) is 13.0. The lowest BCUT2D eigenvalue weighted by Gasteiger charge is -2.33. The molecule has 6 nitrogen and oxygen atoms in total. The summed E-state index contributed by atoms with van der Waals surface area (Å²) in [5.41, 5.74) is 2.61. The molecule has 1 aromatic carbocycles. The molecule has 3 rings (SSSR count). The third-order valence-electron chi connectivity index (χ3n) is 5.68. The van der Waals surface area contributed by atoms with Gasteiger partial charge in [0.05, 0.1) is 11.5 Å². The number of benzene rings is 1. The molecule has 2 unspecified atom stereocenters. The highest BCUT2D eigenvalue weighted by Gasteiger charge is 2.28. The summed E-state index contributed by atoms with van der Waals surface area (Å²) in [6, 6.07) is 9.12. The lowest BCUT2D eigenvalue weighted by Crippen LogP contribution is -2.43. The predicted octanol–water partition coefficient (Wildman–Crippen LogP) is 1.91. The molecule has 0 saturated carbocycles. The van der Waals surface area contributed by atoms with Gasteiger partial charge in [-0.2, -0.15) is 0 Å². The summed E-state index contributed by atoms with van der Waals surface area (Å²) in [5.74, 6) is 1.12. The topological polar surface area (TPSA) is 73.8 Å². The number of rotatable bonds is 5. The third kappa shape index (κ3) is 5.69. The lowest BCUT2D eigenvalue weighted by atomic mass is 10.0. The first-order valence-electron chi connectivity index (χ1n) is 9.95. The minimum Gasteiger partial charge on any atom is -0.353 e. The minimum atomic E-state index is -2.90. The van der Waals surface area contributed by atoms with E-state index < -0.39 is 9.84 Å². The molecule has 2 heterocycles. The molecule has 2 saturated heterocycles. The average Bonchev–Trinajstić information content (AvgIpc) is 3.00. The number of nitrogens with zero attached hydrogens (tertiary/aromatic N) is 2. The highest BCUT2D eigenvalue weighted by atomic mass is 32.2. The normalized spacial score (nSPS) is 26.1. The fourth-order valence-electron chi connectivity index (χ4n) is 3.97. The molecule has 2 aliphatic heterocycles. The van der Waals surface area contributed by atoms with E-state index in [1.54, 1.807) is 7.05 Å². The van der Waals surface area contributed by atoms with E-state index in [1.807, 2.05) is 0 Å². The van der Waals surface area contributed by atoms with Gasteiger partial charge in [0.1, 0.15) is 0 Å². The van der Waals surface area contributed by atoms with Gasteiger partial charge in [-0.15, -0.1) is 0 Å². The van der Waals surface area contributed by atoms with Gasteiger partial charge in [0.15, 0.2) is 15.8 Å². The number of nitrogens with one attached hydrogen (secondary N) is 2. The number of hydrogen-bond acceptors (Lipinski definition) is 4. The van der Waals surface area contributed by atoms with E-state index >= 15 is 0 Å². The van der Waals surface area contributed by atoms with Crippen molar-refractivity contribution in [2.24, 2.45) is 4.99 Å². The molecular weight excluding hydrogens is 360 g/mol. The van der Waals surface area contributed by atoms with E-state index in [2.05, 4.69) is 51.7 Å². The van der Waals surface area contributed by atoms with Crippen molar-refractivity contribution in [2.45, 2.75) is 57.8 Å². The maximum Gasteiger partial charge on any atom is 0.191 e. The number of sulfone groups is 1. The van der Waals surface area contributed by atoms with E-state index in [1.165, 1.54) is 36.9 Å². The van der Waals surface area contributed by atoms with Crippen molar-refractivity contribution in [3.05, 3.63) is 35.4 Å². The fourth-order valence-corrected chi connectivity index (χ4v) is 5.64. The summed E-state index contributed by atoms with van der Waals surface area (Å²) < 4.78 is 23.3. The SMILES string of the molecule is CN=C(NCc1ccccc1CN1CCCCC1C)NC1CCS(=O)(=O)C1. The number of piperidine rings is 1. The molecule has 0 amide bonds. The summed E-state index contributed by atoms with van der Waals surface area (Å²) in [6.07, 6.45) is 4.54. The Kier molecular flexibility index (Phi) is 6.76. The molecule has 150 valence electrons.